The number of nitrogens with one attached hydrogen (secondary N) is 2. The lowest BCUT2D eigenvalue weighted by atomic mass is 9.92. The Morgan fingerprint density at radius 2 is 1.68 bits per heavy atom. The average Bonchev–Trinajstić information content (AvgIpc) is 3.24. The second-order valence-electron chi connectivity index (χ2n) is 8.24. The summed E-state index contributed by atoms with van der Waals surface area (Å²) in [7, 11) is 0. The van der Waals surface area contributed by atoms with Gasteiger partial charge in [0, 0.05) is 36.2 Å². The summed E-state index contributed by atoms with van der Waals surface area (Å²) in [6.07, 6.45) is 5.38. The number of fused-ring (bicyclic) bond motifs is 1. The topological polar surface area (TPSA) is 119 Å². The lowest BCUT2D eigenvalue weighted by molar-refractivity contribution is -0.137. The molecule has 4 N–H and O–H groups in total. The van der Waals surface area contributed by atoms with Gasteiger partial charge in [-0.2, -0.15) is 13.2 Å². The summed E-state index contributed by atoms with van der Waals surface area (Å²) < 4.78 is 40.4. The predicted octanol–water partition coefficient (Wildman–Crippen LogP) is 4.03. The molecule has 1 fully saturated rings. The van der Waals surface area contributed by atoms with Gasteiger partial charge in [-0.1, -0.05) is 0 Å². The summed E-state index contributed by atoms with van der Waals surface area (Å²) in [5.74, 6) is 0.857. The van der Waals surface area contributed by atoms with E-state index in [1.165, 1.54) is 0 Å². The van der Waals surface area contributed by atoms with Gasteiger partial charge >= 0.3 is 6.18 Å². The molecule has 5 rings (SSSR count). The number of nitrogens with two attached hydrogens (primary N) is 1. The Kier molecular flexibility index (Phi) is 5.74. The van der Waals surface area contributed by atoms with E-state index in [-0.39, 0.29) is 17.8 Å². The van der Waals surface area contributed by atoms with Crippen molar-refractivity contribution in [1.82, 2.24) is 29.5 Å². The summed E-state index contributed by atoms with van der Waals surface area (Å²) in [5.41, 5.74) is 7.20. The van der Waals surface area contributed by atoms with E-state index in [9.17, 15) is 13.2 Å². The van der Waals surface area contributed by atoms with E-state index >= 15 is 0 Å². The van der Waals surface area contributed by atoms with Gasteiger partial charge < -0.3 is 16.4 Å². The largest absolute Gasteiger partial charge is 0.416 e. The zero-order valence-electron chi connectivity index (χ0n) is 18.0. The number of rotatable bonds is 5. The molecule has 4 aromatic rings. The van der Waals surface area contributed by atoms with Crippen molar-refractivity contribution >= 4 is 23.2 Å². The highest BCUT2D eigenvalue weighted by atomic mass is 19.4. The third kappa shape index (κ3) is 4.76. The van der Waals surface area contributed by atoms with E-state index in [1.54, 1.807) is 23.1 Å². The third-order valence-corrected chi connectivity index (χ3v) is 5.76. The Morgan fingerprint density at radius 3 is 2.41 bits per heavy atom. The lowest BCUT2D eigenvalue weighted by Gasteiger charge is -2.27. The van der Waals surface area contributed by atoms with Crippen molar-refractivity contribution in [3.63, 3.8) is 0 Å². The number of halogens is 3. The lowest BCUT2D eigenvalue weighted by Crippen LogP contribution is -2.33. The van der Waals surface area contributed by atoms with Crippen molar-refractivity contribution in [3.8, 4) is 11.3 Å². The molecule has 176 valence electrons. The third-order valence-electron chi connectivity index (χ3n) is 5.76. The Bertz CT molecular complexity index is 1280. The molecule has 1 aliphatic carbocycles. The molecular weight excluding hydrogens is 447 g/mol. The van der Waals surface area contributed by atoms with Gasteiger partial charge in [0.2, 0.25) is 5.95 Å². The Morgan fingerprint density at radius 1 is 0.912 bits per heavy atom. The maximum atomic E-state index is 12.9. The Hall–Kier alpha value is -3.80. The quantitative estimate of drug-likeness (QED) is 0.401. The van der Waals surface area contributed by atoms with Gasteiger partial charge in [0.15, 0.2) is 5.65 Å². The van der Waals surface area contributed by atoms with Gasteiger partial charge in [0.05, 0.1) is 17.5 Å². The molecule has 9 nitrogen and oxygen atoms in total. The van der Waals surface area contributed by atoms with Gasteiger partial charge in [-0.05, 0) is 49.9 Å². The minimum Gasteiger partial charge on any atom is -0.366 e. The van der Waals surface area contributed by atoms with Crippen LogP contribution in [0.4, 0.5) is 30.8 Å². The molecule has 0 saturated heterocycles. The molecule has 0 aliphatic heterocycles. The van der Waals surface area contributed by atoms with Gasteiger partial charge in [-0.3, -0.25) is 0 Å². The average molecular weight is 469 g/mol. The molecule has 1 aliphatic rings. The van der Waals surface area contributed by atoms with Crippen LogP contribution in [0.5, 0.6) is 0 Å². The first-order valence-electron chi connectivity index (χ1n) is 10.8. The van der Waals surface area contributed by atoms with E-state index in [0.717, 1.165) is 49.8 Å². The smallest absolute Gasteiger partial charge is 0.366 e. The Labute approximate surface area is 192 Å². The van der Waals surface area contributed by atoms with Crippen LogP contribution in [0.1, 0.15) is 31.2 Å². The highest BCUT2D eigenvalue weighted by molar-refractivity contribution is 5.63. The molecule has 0 atom stereocenters. The van der Waals surface area contributed by atoms with Crippen molar-refractivity contribution in [2.45, 2.75) is 43.9 Å². The van der Waals surface area contributed by atoms with Crippen LogP contribution in [0.3, 0.4) is 0 Å². The first-order valence-corrected chi connectivity index (χ1v) is 10.8. The molecule has 1 saturated carbocycles. The predicted molar refractivity (Wildman–Crippen MR) is 120 cm³/mol. The number of hydrogen-bond acceptors (Lipinski definition) is 8. The van der Waals surface area contributed by atoms with Crippen LogP contribution in [-0.2, 0) is 6.18 Å². The molecule has 0 spiro atoms. The van der Waals surface area contributed by atoms with Crippen molar-refractivity contribution in [2.24, 2.45) is 5.73 Å². The van der Waals surface area contributed by atoms with Crippen molar-refractivity contribution < 1.29 is 13.2 Å². The number of alkyl halides is 3. The minimum atomic E-state index is -4.46. The molecule has 0 amide bonds. The van der Waals surface area contributed by atoms with Crippen LogP contribution in [0.25, 0.3) is 16.9 Å². The molecule has 34 heavy (non-hydrogen) atoms. The number of hydrogen-bond donors (Lipinski definition) is 3. The summed E-state index contributed by atoms with van der Waals surface area (Å²) in [6, 6.07) is 6.18. The fraction of sp³-hybridized carbons (Fsp3) is 0.318. The Balaban J connectivity index is 1.34. The van der Waals surface area contributed by atoms with Gasteiger partial charge in [0.1, 0.15) is 11.6 Å². The maximum absolute atomic E-state index is 12.9. The summed E-state index contributed by atoms with van der Waals surface area (Å²) in [6.45, 7) is 0. The molecule has 0 radical (unpaired) electrons. The van der Waals surface area contributed by atoms with Crippen LogP contribution in [-0.4, -0.2) is 41.6 Å². The van der Waals surface area contributed by atoms with Crippen molar-refractivity contribution in [1.29, 1.82) is 0 Å². The first-order chi connectivity index (χ1) is 16.3. The summed E-state index contributed by atoms with van der Waals surface area (Å²) in [5, 5.41) is 10.8. The van der Waals surface area contributed by atoms with E-state index in [2.05, 4.69) is 35.7 Å². The SMILES string of the molecule is NC1CCC(Nc2ccc3ncc(-c4cnc(Nc5cc(C(F)(F)F)ccn5)nc4)n3n2)CC1. The molecule has 12 heteroatoms. The number of anilines is 3. The summed E-state index contributed by atoms with van der Waals surface area (Å²) >= 11 is 0. The zero-order chi connectivity index (χ0) is 23.7. The zero-order valence-corrected chi connectivity index (χ0v) is 18.0. The highest BCUT2D eigenvalue weighted by Gasteiger charge is 2.30. The van der Waals surface area contributed by atoms with E-state index < -0.39 is 11.7 Å². The number of aromatic nitrogens is 6. The van der Waals surface area contributed by atoms with Crippen LogP contribution >= 0.6 is 0 Å². The molecule has 4 aromatic heterocycles. The monoisotopic (exact) mass is 469 g/mol. The van der Waals surface area contributed by atoms with Crippen molar-refractivity contribution in [3.05, 3.63) is 54.6 Å². The fourth-order valence-corrected chi connectivity index (χ4v) is 3.93. The minimum absolute atomic E-state index is 0.00145. The van der Waals surface area contributed by atoms with Crippen LogP contribution in [0.15, 0.2) is 49.1 Å². The maximum Gasteiger partial charge on any atom is 0.416 e. The van der Waals surface area contributed by atoms with Crippen LogP contribution in [0.2, 0.25) is 0 Å². The van der Waals surface area contributed by atoms with E-state index in [0.29, 0.717) is 22.9 Å². The highest BCUT2D eigenvalue weighted by Crippen LogP contribution is 2.30. The fourth-order valence-electron chi connectivity index (χ4n) is 3.93. The van der Waals surface area contributed by atoms with E-state index in [1.807, 2.05) is 12.1 Å². The van der Waals surface area contributed by atoms with Gasteiger partial charge in [-0.15, -0.1) is 5.10 Å². The normalized spacial score (nSPS) is 18.7. The molecule has 0 unspecified atom stereocenters. The molecule has 4 heterocycles. The number of nitrogens with zero attached hydrogens (tertiary/aromatic N) is 6. The van der Waals surface area contributed by atoms with Gasteiger partial charge in [0.25, 0.3) is 0 Å². The second-order valence-corrected chi connectivity index (χ2v) is 8.24. The van der Waals surface area contributed by atoms with Gasteiger partial charge in [-0.25, -0.2) is 24.5 Å². The molecule has 0 bridgehead atoms. The number of pyridine rings is 1. The summed E-state index contributed by atoms with van der Waals surface area (Å²) in [4.78, 5) is 16.7. The number of imidazole rings is 1. The standard InChI is InChI=1S/C22H22F3N9/c23-22(24,25)14-7-8-27-19(9-14)32-21-29-10-13(11-30-21)17-12-28-20-6-5-18(33-34(17)20)31-16-3-1-15(26)2-4-16/h5-12,15-16H,1-4,26H2,(H,31,33)(H,27,29,30,32). The van der Waals surface area contributed by atoms with Crippen molar-refractivity contribution in [2.75, 3.05) is 10.6 Å². The van der Waals surface area contributed by atoms with E-state index in [4.69, 9.17) is 5.73 Å². The second kappa shape index (κ2) is 8.86. The van der Waals surface area contributed by atoms with Crippen LogP contribution < -0.4 is 16.4 Å². The van der Waals surface area contributed by atoms with Crippen LogP contribution in [0, 0.1) is 0 Å². The molecule has 0 aromatic carbocycles. The molecular formula is C22H22F3N9. The first kappa shape index (κ1) is 22.0.